The van der Waals surface area contributed by atoms with Crippen molar-refractivity contribution in [3.05, 3.63) is 83.3 Å². The summed E-state index contributed by atoms with van der Waals surface area (Å²) in [6, 6.07) is 14.5. The van der Waals surface area contributed by atoms with E-state index in [1.54, 1.807) is 11.3 Å². The topological polar surface area (TPSA) is 3.24 Å². The lowest BCUT2D eigenvalue weighted by molar-refractivity contribution is 1.20. The first-order valence-corrected chi connectivity index (χ1v) is 6.69. The Labute approximate surface area is 111 Å². The van der Waals surface area contributed by atoms with Gasteiger partial charge in [0.1, 0.15) is 0 Å². The van der Waals surface area contributed by atoms with Crippen LogP contribution >= 0.6 is 11.3 Å². The van der Waals surface area contributed by atoms with Gasteiger partial charge < -0.3 is 4.90 Å². The minimum Gasteiger partial charge on any atom is -0.317 e. The molecule has 0 aliphatic carbocycles. The van der Waals surface area contributed by atoms with Gasteiger partial charge in [-0.25, -0.2) is 0 Å². The number of benzene rings is 1. The van der Waals surface area contributed by atoms with Crippen molar-refractivity contribution in [1.29, 1.82) is 0 Å². The second-order valence-corrected chi connectivity index (χ2v) is 5.04. The average molecular weight is 251 g/mol. The summed E-state index contributed by atoms with van der Waals surface area (Å²) >= 11 is 1.75. The Morgan fingerprint density at radius 2 is 1.78 bits per heavy atom. The molecule has 1 aromatic heterocycles. The number of anilines is 1. The van der Waals surface area contributed by atoms with Gasteiger partial charge in [-0.05, 0) is 29.7 Å². The standard InChI is InChI=1S/C16H13NS/c1-13-9-10-14(16-8-5-11-18-16)12-17(13)15-6-3-2-4-7-15/h2-12H,1H2. The van der Waals surface area contributed by atoms with Crippen molar-refractivity contribution >= 4 is 22.6 Å². The molecule has 1 aromatic carbocycles. The summed E-state index contributed by atoms with van der Waals surface area (Å²) < 4.78 is 0. The van der Waals surface area contributed by atoms with E-state index in [-0.39, 0.29) is 0 Å². The second-order valence-electron chi connectivity index (χ2n) is 4.09. The Kier molecular flexibility index (Phi) is 2.87. The van der Waals surface area contributed by atoms with Crippen molar-refractivity contribution < 1.29 is 0 Å². The molecule has 2 aromatic rings. The zero-order valence-corrected chi connectivity index (χ0v) is 10.7. The molecule has 88 valence electrons. The highest BCUT2D eigenvalue weighted by Crippen LogP contribution is 2.30. The van der Waals surface area contributed by atoms with Gasteiger partial charge in [0.05, 0.1) is 0 Å². The first-order valence-electron chi connectivity index (χ1n) is 5.81. The largest absolute Gasteiger partial charge is 0.317 e. The molecule has 18 heavy (non-hydrogen) atoms. The summed E-state index contributed by atoms with van der Waals surface area (Å²) in [7, 11) is 0. The van der Waals surface area contributed by atoms with Crippen LogP contribution < -0.4 is 4.90 Å². The van der Waals surface area contributed by atoms with Crippen molar-refractivity contribution in [2.75, 3.05) is 4.90 Å². The molecule has 0 atom stereocenters. The molecule has 2 heterocycles. The van der Waals surface area contributed by atoms with Crippen LogP contribution in [-0.2, 0) is 0 Å². The third-order valence-corrected chi connectivity index (χ3v) is 3.79. The van der Waals surface area contributed by atoms with Crippen LogP contribution in [0.25, 0.3) is 5.57 Å². The monoisotopic (exact) mass is 251 g/mol. The van der Waals surface area contributed by atoms with E-state index in [9.17, 15) is 0 Å². The molecule has 0 N–H and O–H groups in total. The minimum absolute atomic E-state index is 0.988. The zero-order chi connectivity index (χ0) is 12.4. The molecule has 0 saturated carbocycles. The van der Waals surface area contributed by atoms with Crippen molar-refractivity contribution in [3.63, 3.8) is 0 Å². The van der Waals surface area contributed by atoms with Crippen LogP contribution in [0, 0.1) is 0 Å². The van der Waals surface area contributed by atoms with Gasteiger partial charge in [-0.1, -0.05) is 36.9 Å². The van der Waals surface area contributed by atoms with Gasteiger partial charge in [-0.2, -0.15) is 0 Å². The molecular weight excluding hydrogens is 238 g/mol. The maximum Gasteiger partial charge on any atom is 0.0455 e. The van der Waals surface area contributed by atoms with E-state index in [4.69, 9.17) is 0 Å². The summed E-state index contributed by atoms with van der Waals surface area (Å²) in [4.78, 5) is 3.40. The summed E-state index contributed by atoms with van der Waals surface area (Å²) in [6.45, 7) is 4.09. The van der Waals surface area contributed by atoms with Crippen LogP contribution in [0.3, 0.4) is 0 Å². The molecule has 1 aliphatic rings. The smallest absolute Gasteiger partial charge is 0.0455 e. The minimum atomic E-state index is 0.988. The Morgan fingerprint density at radius 1 is 0.944 bits per heavy atom. The number of rotatable bonds is 2. The predicted octanol–water partition coefficient (Wildman–Crippen LogP) is 4.68. The lowest BCUT2D eigenvalue weighted by atomic mass is 10.1. The summed E-state index contributed by atoms with van der Waals surface area (Å²) in [5, 5.41) is 2.10. The van der Waals surface area contributed by atoms with E-state index in [0.29, 0.717) is 0 Å². The molecule has 2 heteroatoms. The quantitative estimate of drug-likeness (QED) is 0.749. The fraction of sp³-hybridized carbons (Fsp3) is 0. The van der Waals surface area contributed by atoms with Crippen LogP contribution in [0.5, 0.6) is 0 Å². The van der Waals surface area contributed by atoms with Crippen molar-refractivity contribution in [1.82, 2.24) is 0 Å². The maximum absolute atomic E-state index is 4.09. The number of para-hydroxylation sites is 1. The van der Waals surface area contributed by atoms with Crippen LogP contribution in [0.15, 0.2) is 78.5 Å². The molecule has 0 saturated heterocycles. The lowest BCUT2D eigenvalue weighted by Gasteiger charge is -2.25. The molecule has 0 radical (unpaired) electrons. The van der Waals surface area contributed by atoms with Gasteiger partial charge in [-0.3, -0.25) is 0 Å². The Balaban J connectivity index is 2.00. The average Bonchev–Trinajstić information content (AvgIpc) is 2.94. The molecule has 3 rings (SSSR count). The van der Waals surface area contributed by atoms with Crippen molar-refractivity contribution in [2.24, 2.45) is 0 Å². The summed E-state index contributed by atoms with van der Waals surface area (Å²) in [6.07, 6.45) is 6.32. The highest BCUT2D eigenvalue weighted by molar-refractivity contribution is 7.11. The summed E-state index contributed by atoms with van der Waals surface area (Å²) in [5.74, 6) is 0. The van der Waals surface area contributed by atoms with Crippen LogP contribution in [0.1, 0.15) is 4.88 Å². The third kappa shape index (κ3) is 2.03. The number of nitrogens with zero attached hydrogens (tertiary/aromatic N) is 1. The molecule has 1 nitrogen and oxygen atoms in total. The van der Waals surface area contributed by atoms with Crippen LogP contribution in [-0.4, -0.2) is 0 Å². The predicted molar refractivity (Wildman–Crippen MR) is 79.5 cm³/mol. The fourth-order valence-corrected chi connectivity index (χ4v) is 2.67. The van der Waals surface area contributed by atoms with E-state index >= 15 is 0 Å². The number of hydrogen-bond donors (Lipinski definition) is 0. The van der Waals surface area contributed by atoms with Crippen LogP contribution in [0.2, 0.25) is 0 Å². The van der Waals surface area contributed by atoms with Gasteiger partial charge in [0.2, 0.25) is 0 Å². The molecule has 0 fully saturated rings. The Morgan fingerprint density at radius 3 is 2.50 bits per heavy atom. The molecule has 0 amide bonds. The van der Waals surface area contributed by atoms with Gasteiger partial charge in [0.25, 0.3) is 0 Å². The van der Waals surface area contributed by atoms with E-state index < -0.39 is 0 Å². The Hall–Kier alpha value is -2.06. The highest BCUT2D eigenvalue weighted by Gasteiger charge is 2.12. The number of hydrogen-bond acceptors (Lipinski definition) is 2. The van der Waals surface area contributed by atoms with Gasteiger partial charge in [-0.15, -0.1) is 11.3 Å². The first kappa shape index (κ1) is 11.1. The molecule has 0 unspecified atom stereocenters. The van der Waals surface area contributed by atoms with E-state index in [0.717, 1.165) is 11.4 Å². The first-order chi connectivity index (χ1) is 8.84. The Bertz CT molecular complexity index is 606. The van der Waals surface area contributed by atoms with Gasteiger partial charge >= 0.3 is 0 Å². The van der Waals surface area contributed by atoms with E-state index in [1.807, 2.05) is 18.2 Å². The third-order valence-electron chi connectivity index (χ3n) is 2.87. The summed E-state index contributed by atoms with van der Waals surface area (Å²) in [5.41, 5.74) is 3.35. The SMILES string of the molecule is C=C1C=CC(c2cccs2)=CN1c1ccccc1. The van der Waals surface area contributed by atoms with Crippen molar-refractivity contribution in [2.45, 2.75) is 0 Å². The maximum atomic E-state index is 4.09. The molecule has 0 bridgehead atoms. The zero-order valence-electron chi connectivity index (χ0n) is 9.91. The molecule has 0 spiro atoms. The van der Waals surface area contributed by atoms with Gasteiger partial charge in [0.15, 0.2) is 0 Å². The van der Waals surface area contributed by atoms with E-state index in [2.05, 4.69) is 59.5 Å². The lowest BCUT2D eigenvalue weighted by Crippen LogP contribution is -2.15. The van der Waals surface area contributed by atoms with Gasteiger partial charge in [0, 0.05) is 28.0 Å². The molecular formula is C16H13NS. The van der Waals surface area contributed by atoms with Crippen LogP contribution in [0.4, 0.5) is 5.69 Å². The number of thiophene rings is 1. The second kappa shape index (κ2) is 4.67. The normalized spacial score (nSPS) is 14.8. The fourth-order valence-electron chi connectivity index (χ4n) is 1.95. The van der Waals surface area contributed by atoms with E-state index in [1.165, 1.54) is 10.5 Å². The highest BCUT2D eigenvalue weighted by atomic mass is 32.1. The van der Waals surface area contributed by atoms with Crippen molar-refractivity contribution in [3.8, 4) is 0 Å². The number of allylic oxidation sites excluding steroid dienone is 3. The molecule has 1 aliphatic heterocycles.